The second-order valence-electron chi connectivity index (χ2n) is 9.43. The summed E-state index contributed by atoms with van der Waals surface area (Å²) in [4.78, 5) is 30.5. The van der Waals surface area contributed by atoms with Crippen LogP contribution in [-0.4, -0.2) is 41.7 Å². The SMILES string of the molecule is CCCCC1(CC)C=C(Sc2nc3ccc(OCC)cc3s2)C(=O)C1C(O)CCCCCC(=O)OC. The molecule has 1 aliphatic carbocycles. The molecule has 198 valence electrons. The molecule has 3 unspecified atom stereocenters. The molecule has 0 aliphatic heterocycles. The Labute approximate surface area is 222 Å². The lowest BCUT2D eigenvalue weighted by Gasteiger charge is -2.35. The first-order valence-electron chi connectivity index (χ1n) is 13.1. The molecular weight excluding hydrogens is 494 g/mol. The molecule has 0 fully saturated rings. The summed E-state index contributed by atoms with van der Waals surface area (Å²) in [7, 11) is 1.40. The summed E-state index contributed by atoms with van der Waals surface area (Å²) in [5.74, 6) is 0.215. The molecule has 0 radical (unpaired) electrons. The van der Waals surface area contributed by atoms with Gasteiger partial charge in [-0.15, -0.1) is 11.3 Å². The van der Waals surface area contributed by atoms with Crippen LogP contribution in [0.4, 0.5) is 0 Å². The molecule has 3 atom stereocenters. The van der Waals surface area contributed by atoms with E-state index in [0.717, 1.165) is 65.3 Å². The summed E-state index contributed by atoms with van der Waals surface area (Å²) in [5.41, 5.74) is 0.563. The second-order valence-corrected chi connectivity index (χ2v) is 11.7. The lowest BCUT2D eigenvalue weighted by Crippen LogP contribution is -2.38. The van der Waals surface area contributed by atoms with Crippen LogP contribution in [0.5, 0.6) is 5.75 Å². The van der Waals surface area contributed by atoms with E-state index in [4.69, 9.17) is 14.5 Å². The number of aromatic nitrogens is 1. The number of hydrogen-bond acceptors (Lipinski definition) is 8. The topological polar surface area (TPSA) is 85.7 Å². The minimum Gasteiger partial charge on any atom is -0.494 e. The zero-order valence-corrected chi connectivity index (χ0v) is 23.5. The molecular formula is C28H39NO5S2. The van der Waals surface area contributed by atoms with Crippen LogP contribution in [0.2, 0.25) is 0 Å². The number of ketones is 1. The van der Waals surface area contributed by atoms with E-state index in [1.165, 1.54) is 18.9 Å². The third-order valence-electron chi connectivity index (χ3n) is 7.06. The molecule has 0 spiro atoms. The molecule has 1 heterocycles. The van der Waals surface area contributed by atoms with E-state index < -0.39 is 12.0 Å². The highest BCUT2D eigenvalue weighted by atomic mass is 32.2. The summed E-state index contributed by atoms with van der Waals surface area (Å²) >= 11 is 2.99. The van der Waals surface area contributed by atoms with Crippen molar-refractivity contribution in [3.63, 3.8) is 0 Å². The molecule has 0 saturated heterocycles. The van der Waals surface area contributed by atoms with Gasteiger partial charge in [-0.2, -0.15) is 0 Å². The van der Waals surface area contributed by atoms with Crippen molar-refractivity contribution in [2.24, 2.45) is 11.3 Å². The number of esters is 1. The van der Waals surface area contributed by atoms with Crippen molar-refractivity contribution in [1.29, 1.82) is 0 Å². The maximum absolute atomic E-state index is 13.7. The zero-order valence-electron chi connectivity index (χ0n) is 21.9. The van der Waals surface area contributed by atoms with Crippen molar-refractivity contribution in [3.05, 3.63) is 29.2 Å². The largest absolute Gasteiger partial charge is 0.494 e. The normalized spacial score (nSPS) is 20.5. The fraction of sp³-hybridized carbons (Fsp3) is 0.607. The number of carbonyl (C=O) groups excluding carboxylic acids is 2. The minimum absolute atomic E-state index is 0.0364. The van der Waals surface area contributed by atoms with Crippen LogP contribution >= 0.6 is 23.1 Å². The van der Waals surface area contributed by atoms with Gasteiger partial charge < -0.3 is 14.6 Å². The molecule has 0 amide bonds. The maximum atomic E-state index is 13.7. The number of hydrogen-bond donors (Lipinski definition) is 1. The first-order valence-corrected chi connectivity index (χ1v) is 14.7. The molecule has 1 aromatic heterocycles. The molecule has 2 aromatic rings. The summed E-state index contributed by atoms with van der Waals surface area (Å²) in [6.45, 7) is 6.85. The summed E-state index contributed by atoms with van der Waals surface area (Å²) in [6, 6.07) is 5.87. The molecule has 36 heavy (non-hydrogen) atoms. The number of carbonyl (C=O) groups is 2. The van der Waals surface area contributed by atoms with Crippen molar-refractivity contribution < 1.29 is 24.2 Å². The van der Waals surface area contributed by atoms with Crippen LogP contribution in [-0.2, 0) is 14.3 Å². The van der Waals surface area contributed by atoms with Crippen LogP contribution < -0.4 is 4.74 Å². The van der Waals surface area contributed by atoms with Crippen LogP contribution in [0.1, 0.15) is 78.6 Å². The number of thiazole rings is 1. The molecule has 8 heteroatoms. The highest BCUT2D eigenvalue weighted by Crippen LogP contribution is 2.52. The first kappa shape index (κ1) is 28.7. The Morgan fingerprint density at radius 2 is 2.03 bits per heavy atom. The molecule has 6 nitrogen and oxygen atoms in total. The van der Waals surface area contributed by atoms with E-state index in [1.807, 2.05) is 25.1 Å². The second kappa shape index (κ2) is 13.6. The summed E-state index contributed by atoms with van der Waals surface area (Å²) in [5, 5.41) is 11.2. The number of aliphatic hydroxyl groups excluding tert-OH is 1. The standard InChI is InChI=1S/C28H39NO5S2/c1-5-8-16-28(6-2)18-23(26(32)25(28)21(30)12-10-9-11-13-24(31)33-4)36-27-29-20-15-14-19(34-7-3)17-22(20)35-27/h14-15,17-18,21,25,30H,5-13,16H2,1-4H3. The Bertz CT molecular complexity index is 1070. The number of ether oxygens (including phenoxy) is 2. The number of allylic oxidation sites excluding steroid dienone is 2. The summed E-state index contributed by atoms with van der Waals surface area (Å²) in [6.07, 6.45) is 8.46. The Morgan fingerprint density at radius 3 is 2.72 bits per heavy atom. The Hall–Kier alpha value is -1.90. The Kier molecular flexibility index (Phi) is 10.8. The summed E-state index contributed by atoms with van der Waals surface area (Å²) < 4.78 is 12.2. The van der Waals surface area contributed by atoms with Gasteiger partial charge in [0.15, 0.2) is 10.1 Å². The third kappa shape index (κ3) is 6.90. The Morgan fingerprint density at radius 1 is 1.22 bits per heavy atom. The van der Waals surface area contributed by atoms with Crippen LogP contribution in [0.3, 0.4) is 0 Å². The van der Waals surface area contributed by atoms with E-state index in [-0.39, 0.29) is 17.2 Å². The van der Waals surface area contributed by atoms with Crippen LogP contribution in [0, 0.1) is 11.3 Å². The van der Waals surface area contributed by atoms with Gasteiger partial charge in [-0.25, -0.2) is 4.98 Å². The van der Waals surface area contributed by atoms with Crippen molar-refractivity contribution in [2.45, 2.75) is 89.0 Å². The number of fused-ring (bicyclic) bond motifs is 1. The highest BCUT2D eigenvalue weighted by molar-refractivity contribution is 8.05. The quantitative estimate of drug-likeness (QED) is 0.196. The number of Topliss-reactive ketones (excluding diaryl/α,β-unsaturated/α-hetero) is 1. The average Bonchev–Trinajstić information content (AvgIpc) is 3.40. The van der Waals surface area contributed by atoms with Gasteiger partial charge in [0.25, 0.3) is 0 Å². The highest BCUT2D eigenvalue weighted by Gasteiger charge is 2.49. The van der Waals surface area contributed by atoms with Gasteiger partial charge in [-0.05, 0) is 50.8 Å². The van der Waals surface area contributed by atoms with E-state index in [1.54, 1.807) is 11.3 Å². The fourth-order valence-corrected chi connectivity index (χ4v) is 7.34. The molecule has 0 bridgehead atoms. The van der Waals surface area contributed by atoms with Crippen molar-refractivity contribution in [1.82, 2.24) is 4.98 Å². The minimum atomic E-state index is -0.703. The molecule has 1 aromatic carbocycles. The number of methoxy groups -OCH3 is 1. The van der Waals surface area contributed by atoms with Gasteiger partial charge in [-0.1, -0.05) is 57.4 Å². The molecule has 0 saturated carbocycles. The molecule has 3 rings (SSSR count). The average molecular weight is 534 g/mol. The van der Waals surface area contributed by atoms with E-state index in [0.29, 0.717) is 24.4 Å². The van der Waals surface area contributed by atoms with Gasteiger partial charge in [0.05, 0.1) is 40.9 Å². The van der Waals surface area contributed by atoms with Crippen LogP contribution in [0.25, 0.3) is 10.2 Å². The fourth-order valence-electron chi connectivity index (χ4n) is 5.05. The lowest BCUT2D eigenvalue weighted by atomic mass is 9.69. The van der Waals surface area contributed by atoms with Gasteiger partial charge in [-0.3, -0.25) is 9.59 Å². The van der Waals surface area contributed by atoms with Crippen LogP contribution in [0.15, 0.2) is 33.5 Å². The number of unbranched alkanes of at least 4 members (excludes halogenated alkanes) is 3. The van der Waals surface area contributed by atoms with Crippen molar-refractivity contribution >= 4 is 45.1 Å². The Balaban J connectivity index is 1.75. The lowest BCUT2D eigenvalue weighted by molar-refractivity contribution is -0.140. The predicted molar refractivity (Wildman–Crippen MR) is 147 cm³/mol. The van der Waals surface area contributed by atoms with Crippen molar-refractivity contribution in [2.75, 3.05) is 13.7 Å². The molecule has 1 N–H and O–H groups in total. The number of thioether (sulfide) groups is 1. The predicted octanol–water partition coefficient (Wildman–Crippen LogP) is 6.94. The maximum Gasteiger partial charge on any atom is 0.305 e. The van der Waals surface area contributed by atoms with E-state index >= 15 is 0 Å². The number of nitrogens with zero attached hydrogens (tertiary/aromatic N) is 1. The van der Waals surface area contributed by atoms with Gasteiger partial charge in [0.1, 0.15) is 5.75 Å². The smallest absolute Gasteiger partial charge is 0.305 e. The number of aliphatic hydroxyl groups is 1. The first-order chi connectivity index (χ1) is 17.4. The zero-order chi connectivity index (χ0) is 26.1. The molecule has 1 aliphatic rings. The number of rotatable bonds is 15. The van der Waals surface area contributed by atoms with E-state index in [9.17, 15) is 14.7 Å². The van der Waals surface area contributed by atoms with E-state index in [2.05, 4.69) is 19.9 Å². The van der Waals surface area contributed by atoms with Crippen molar-refractivity contribution in [3.8, 4) is 5.75 Å². The van der Waals surface area contributed by atoms with Gasteiger partial charge in [0, 0.05) is 11.8 Å². The van der Waals surface area contributed by atoms with Gasteiger partial charge >= 0.3 is 5.97 Å². The monoisotopic (exact) mass is 533 g/mol. The third-order valence-corrected chi connectivity index (χ3v) is 9.18. The number of benzene rings is 1. The van der Waals surface area contributed by atoms with Gasteiger partial charge in [0.2, 0.25) is 0 Å².